The summed E-state index contributed by atoms with van der Waals surface area (Å²) in [5.41, 5.74) is 2.50. The van der Waals surface area contributed by atoms with Crippen LogP contribution >= 0.6 is 0 Å². The maximum Gasteiger partial charge on any atom is 0.238 e. The van der Waals surface area contributed by atoms with Gasteiger partial charge in [-0.15, -0.1) is 0 Å². The van der Waals surface area contributed by atoms with E-state index in [1.165, 1.54) is 31.7 Å². The first-order valence-corrected chi connectivity index (χ1v) is 9.27. The first-order valence-electron chi connectivity index (χ1n) is 9.27. The topological polar surface area (TPSA) is 49.4 Å². The molecule has 1 N–H and O–H groups in total. The third-order valence-electron chi connectivity index (χ3n) is 4.91. The Morgan fingerprint density at radius 2 is 1.85 bits per heavy atom. The summed E-state index contributed by atoms with van der Waals surface area (Å²) in [5.74, 6) is 0.658. The second-order valence-electron chi connectivity index (χ2n) is 7.14. The van der Waals surface area contributed by atoms with Gasteiger partial charge in [0, 0.05) is 24.3 Å². The van der Waals surface area contributed by atoms with Crippen LogP contribution in [-0.4, -0.2) is 29.7 Å². The second kappa shape index (κ2) is 8.77. The quantitative estimate of drug-likeness (QED) is 0.728. The molecule has 0 aromatic heterocycles. The fourth-order valence-electron chi connectivity index (χ4n) is 3.29. The summed E-state index contributed by atoms with van der Waals surface area (Å²) in [6, 6.07) is 17.4. The number of rotatable bonds is 8. The Bertz CT molecular complexity index is 754. The van der Waals surface area contributed by atoms with E-state index in [-0.39, 0.29) is 11.7 Å². The van der Waals surface area contributed by atoms with E-state index < -0.39 is 0 Å². The van der Waals surface area contributed by atoms with Crippen LogP contribution in [0.3, 0.4) is 0 Å². The Hall–Kier alpha value is -2.46. The van der Waals surface area contributed by atoms with Crippen molar-refractivity contribution in [3.8, 4) is 0 Å². The van der Waals surface area contributed by atoms with Crippen molar-refractivity contribution >= 4 is 17.4 Å². The smallest absolute Gasteiger partial charge is 0.238 e. The summed E-state index contributed by atoms with van der Waals surface area (Å²) in [5, 5.41) is 2.93. The fourth-order valence-corrected chi connectivity index (χ4v) is 3.29. The molecule has 2 aromatic rings. The number of benzene rings is 2. The predicted octanol–water partition coefficient (Wildman–Crippen LogP) is 4.13. The minimum atomic E-state index is -0.0408. The van der Waals surface area contributed by atoms with Gasteiger partial charge in [0.1, 0.15) is 0 Å². The predicted molar refractivity (Wildman–Crippen MR) is 104 cm³/mol. The molecule has 1 amide bonds. The number of amides is 1. The zero-order chi connectivity index (χ0) is 18.4. The molecule has 0 radical (unpaired) electrons. The SMILES string of the molecule is CC(=O)c1cccc(NC(=O)CN(Cc2ccccc2)CC2CCC2)c1. The minimum Gasteiger partial charge on any atom is -0.325 e. The molecule has 2 aromatic carbocycles. The molecular weight excluding hydrogens is 324 g/mol. The van der Waals surface area contributed by atoms with Gasteiger partial charge in [-0.3, -0.25) is 14.5 Å². The molecule has 1 fully saturated rings. The largest absolute Gasteiger partial charge is 0.325 e. The Labute approximate surface area is 155 Å². The van der Waals surface area contributed by atoms with Crippen molar-refractivity contribution in [2.45, 2.75) is 32.7 Å². The average molecular weight is 350 g/mol. The van der Waals surface area contributed by atoms with E-state index in [0.29, 0.717) is 23.7 Å². The van der Waals surface area contributed by atoms with Crippen molar-refractivity contribution in [3.63, 3.8) is 0 Å². The first-order chi connectivity index (χ1) is 12.6. The van der Waals surface area contributed by atoms with Crippen LogP contribution < -0.4 is 5.32 Å². The number of nitrogens with one attached hydrogen (secondary N) is 1. The molecule has 26 heavy (non-hydrogen) atoms. The van der Waals surface area contributed by atoms with Gasteiger partial charge in [-0.05, 0) is 43.4 Å². The van der Waals surface area contributed by atoms with Crippen molar-refractivity contribution in [1.29, 1.82) is 0 Å². The molecule has 136 valence electrons. The lowest BCUT2D eigenvalue weighted by molar-refractivity contribution is -0.117. The summed E-state index contributed by atoms with van der Waals surface area (Å²) < 4.78 is 0. The summed E-state index contributed by atoms with van der Waals surface area (Å²) in [6.07, 6.45) is 3.81. The molecule has 1 saturated carbocycles. The number of carbonyl (C=O) groups excluding carboxylic acids is 2. The zero-order valence-corrected chi connectivity index (χ0v) is 15.3. The average Bonchev–Trinajstić information content (AvgIpc) is 2.59. The minimum absolute atomic E-state index is 0.00298. The third kappa shape index (κ3) is 5.27. The zero-order valence-electron chi connectivity index (χ0n) is 15.3. The van der Waals surface area contributed by atoms with E-state index >= 15 is 0 Å². The van der Waals surface area contributed by atoms with E-state index in [0.717, 1.165) is 13.1 Å². The van der Waals surface area contributed by atoms with Crippen molar-refractivity contribution in [3.05, 3.63) is 65.7 Å². The van der Waals surface area contributed by atoms with E-state index in [4.69, 9.17) is 0 Å². The third-order valence-corrected chi connectivity index (χ3v) is 4.91. The molecular formula is C22H26N2O2. The normalized spacial score (nSPS) is 14.1. The molecule has 0 aliphatic heterocycles. The van der Waals surface area contributed by atoms with E-state index in [1.807, 2.05) is 24.3 Å². The van der Waals surface area contributed by atoms with Crippen molar-refractivity contribution in [2.75, 3.05) is 18.4 Å². The molecule has 0 bridgehead atoms. The molecule has 1 aliphatic rings. The van der Waals surface area contributed by atoms with Crippen LogP contribution in [0.25, 0.3) is 0 Å². The molecule has 0 atom stereocenters. The molecule has 0 spiro atoms. The standard InChI is InChI=1S/C22H26N2O2/c1-17(25)20-11-6-12-21(13-20)23-22(26)16-24(15-19-9-5-10-19)14-18-7-3-2-4-8-18/h2-4,6-8,11-13,19H,5,9-10,14-16H2,1H3,(H,23,26). The Kier molecular flexibility index (Phi) is 6.18. The van der Waals surface area contributed by atoms with Crippen LogP contribution in [0, 0.1) is 5.92 Å². The lowest BCUT2D eigenvalue weighted by atomic mass is 9.85. The number of carbonyl (C=O) groups is 2. The van der Waals surface area contributed by atoms with Crippen LogP contribution in [0.1, 0.15) is 42.1 Å². The van der Waals surface area contributed by atoms with Crippen molar-refractivity contribution in [2.24, 2.45) is 5.92 Å². The number of ketones is 1. The molecule has 3 rings (SSSR count). The maximum absolute atomic E-state index is 12.5. The number of hydrogen-bond donors (Lipinski definition) is 1. The molecule has 4 heteroatoms. The number of anilines is 1. The second-order valence-corrected chi connectivity index (χ2v) is 7.14. The highest BCUT2D eigenvalue weighted by Gasteiger charge is 2.22. The Balaban J connectivity index is 1.62. The van der Waals surface area contributed by atoms with Crippen LogP contribution in [0.2, 0.25) is 0 Å². The maximum atomic E-state index is 12.5. The van der Waals surface area contributed by atoms with Gasteiger partial charge < -0.3 is 5.32 Å². The van der Waals surface area contributed by atoms with Gasteiger partial charge in [-0.2, -0.15) is 0 Å². The summed E-state index contributed by atoms with van der Waals surface area (Å²) in [4.78, 5) is 26.3. The molecule has 1 aliphatic carbocycles. The molecule has 0 heterocycles. The van der Waals surface area contributed by atoms with Gasteiger partial charge >= 0.3 is 0 Å². The van der Waals surface area contributed by atoms with Crippen molar-refractivity contribution in [1.82, 2.24) is 4.90 Å². The van der Waals surface area contributed by atoms with E-state index in [1.54, 1.807) is 18.2 Å². The number of nitrogens with zero attached hydrogens (tertiary/aromatic N) is 1. The molecule has 0 saturated heterocycles. The van der Waals surface area contributed by atoms with Crippen LogP contribution in [0.4, 0.5) is 5.69 Å². The van der Waals surface area contributed by atoms with Crippen molar-refractivity contribution < 1.29 is 9.59 Å². The molecule has 4 nitrogen and oxygen atoms in total. The Morgan fingerprint density at radius 3 is 2.50 bits per heavy atom. The van der Waals surface area contributed by atoms with Gasteiger partial charge in [0.15, 0.2) is 5.78 Å². The van der Waals surface area contributed by atoms with Crippen LogP contribution in [0.5, 0.6) is 0 Å². The highest BCUT2D eigenvalue weighted by atomic mass is 16.2. The monoisotopic (exact) mass is 350 g/mol. The van der Waals surface area contributed by atoms with E-state index in [2.05, 4.69) is 22.3 Å². The Morgan fingerprint density at radius 1 is 1.08 bits per heavy atom. The van der Waals surface area contributed by atoms with Gasteiger partial charge in [0.25, 0.3) is 0 Å². The van der Waals surface area contributed by atoms with E-state index in [9.17, 15) is 9.59 Å². The van der Waals surface area contributed by atoms with Crippen LogP contribution in [0.15, 0.2) is 54.6 Å². The van der Waals surface area contributed by atoms with Gasteiger partial charge in [-0.1, -0.05) is 48.9 Å². The van der Waals surface area contributed by atoms with Gasteiger partial charge in [0.2, 0.25) is 5.91 Å². The first kappa shape index (κ1) is 18.3. The summed E-state index contributed by atoms with van der Waals surface area (Å²) >= 11 is 0. The van der Waals surface area contributed by atoms with Crippen LogP contribution in [-0.2, 0) is 11.3 Å². The number of Topliss-reactive ketones (excluding diaryl/α,β-unsaturated/α-hetero) is 1. The number of hydrogen-bond acceptors (Lipinski definition) is 3. The fraction of sp³-hybridized carbons (Fsp3) is 0.364. The molecule has 0 unspecified atom stereocenters. The lowest BCUT2D eigenvalue weighted by Gasteiger charge is -2.32. The highest BCUT2D eigenvalue weighted by Crippen LogP contribution is 2.27. The highest BCUT2D eigenvalue weighted by molar-refractivity contribution is 5.97. The lowest BCUT2D eigenvalue weighted by Crippen LogP contribution is -2.37. The summed E-state index contributed by atoms with van der Waals surface area (Å²) in [7, 11) is 0. The summed E-state index contributed by atoms with van der Waals surface area (Å²) in [6.45, 7) is 3.62. The van der Waals surface area contributed by atoms with Gasteiger partial charge in [0.05, 0.1) is 6.54 Å². The van der Waals surface area contributed by atoms with Gasteiger partial charge in [-0.25, -0.2) is 0 Å².